The van der Waals surface area contributed by atoms with Crippen LogP contribution in [0, 0.1) is 0 Å². The SMILES string of the molecule is CCCCC/C=C/C(Nc1ccc(OC)cc1)c1ccccc1. The first kappa shape index (κ1) is 17.1. The first-order valence-electron chi connectivity index (χ1n) is 8.45. The van der Waals surface area contributed by atoms with Gasteiger partial charge in [-0.15, -0.1) is 0 Å². The third-order valence-electron chi connectivity index (χ3n) is 3.87. The Labute approximate surface area is 140 Å². The summed E-state index contributed by atoms with van der Waals surface area (Å²) in [6.07, 6.45) is 9.53. The Kier molecular flexibility index (Phi) is 7.25. The van der Waals surface area contributed by atoms with Crippen LogP contribution >= 0.6 is 0 Å². The number of rotatable bonds is 9. The topological polar surface area (TPSA) is 21.3 Å². The predicted molar refractivity (Wildman–Crippen MR) is 99.1 cm³/mol. The molecule has 1 N–H and O–H groups in total. The highest BCUT2D eigenvalue weighted by molar-refractivity contribution is 5.49. The lowest BCUT2D eigenvalue weighted by Crippen LogP contribution is -2.08. The van der Waals surface area contributed by atoms with Crippen LogP contribution in [0.25, 0.3) is 0 Å². The third-order valence-corrected chi connectivity index (χ3v) is 3.87. The van der Waals surface area contributed by atoms with Gasteiger partial charge < -0.3 is 10.1 Å². The second kappa shape index (κ2) is 9.73. The number of anilines is 1. The Morgan fingerprint density at radius 3 is 2.39 bits per heavy atom. The lowest BCUT2D eigenvalue weighted by atomic mass is 10.0. The van der Waals surface area contributed by atoms with Crippen LogP contribution in [0.1, 0.15) is 44.2 Å². The molecule has 0 heterocycles. The molecule has 122 valence electrons. The summed E-state index contributed by atoms with van der Waals surface area (Å²) in [5, 5.41) is 3.60. The van der Waals surface area contributed by atoms with Crippen molar-refractivity contribution >= 4 is 5.69 Å². The quantitative estimate of drug-likeness (QED) is 0.454. The maximum atomic E-state index is 5.22. The highest BCUT2D eigenvalue weighted by Gasteiger charge is 2.07. The zero-order valence-corrected chi connectivity index (χ0v) is 14.2. The molecule has 2 aromatic rings. The average molecular weight is 309 g/mol. The Balaban J connectivity index is 2.06. The molecule has 0 aromatic heterocycles. The molecular weight excluding hydrogens is 282 g/mol. The van der Waals surface area contributed by atoms with Crippen LogP contribution in [0.5, 0.6) is 5.75 Å². The van der Waals surface area contributed by atoms with E-state index >= 15 is 0 Å². The van der Waals surface area contributed by atoms with E-state index < -0.39 is 0 Å². The van der Waals surface area contributed by atoms with Gasteiger partial charge in [-0.05, 0) is 42.7 Å². The summed E-state index contributed by atoms with van der Waals surface area (Å²) in [4.78, 5) is 0. The van der Waals surface area contributed by atoms with Crippen molar-refractivity contribution in [3.8, 4) is 5.75 Å². The number of allylic oxidation sites excluding steroid dienone is 1. The molecule has 2 aromatic carbocycles. The second-order valence-electron chi connectivity index (χ2n) is 5.69. The monoisotopic (exact) mass is 309 g/mol. The van der Waals surface area contributed by atoms with E-state index in [1.807, 2.05) is 12.1 Å². The first-order chi connectivity index (χ1) is 11.3. The van der Waals surface area contributed by atoms with E-state index in [0.29, 0.717) is 0 Å². The van der Waals surface area contributed by atoms with Crippen LogP contribution < -0.4 is 10.1 Å². The summed E-state index contributed by atoms with van der Waals surface area (Å²) in [5.41, 5.74) is 2.37. The molecule has 0 saturated heterocycles. The van der Waals surface area contributed by atoms with Gasteiger partial charge in [0.2, 0.25) is 0 Å². The van der Waals surface area contributed by atoms with E-state index in [9.17, 15) is 0 Å². The van der Waals surface area contributed by atoms with Gasteiger partial charge in [0.1, 0.15) is 5.75 Å². The molecule has 0 aliphatic heterocycles. The molecule has 2 heteroatoms. The predicted octanol–water partition coefficient (Wildman–Crippen LogP) is 5.98. The Bertz CT molecular complexity index is 575. The fraction of sp³-hybridized carbons (Fsp3) is 0.333. The number of methoxy groups -OCH3 is 1. The van der Waals surface area contributed by atoms with Crippen molar-refractivity contribution in [2.24, 2.45) is 0 Å². The Morgan fingerprint density at radius 2 is 1.74 bits per heavy atom. The van der Waals surface area contributed by atoms with E-state index in [-0.39, 0.29) is 6.04 Å². The number of benzene rings is 2. The number of nitrogens with one attached hydrogen (secondary N) is 1. The van der Waals surface area contributed by atoms with Crippen molar-refractivity contribution in [3.63, 3.8) is 0 Å². The fourth-order valence-electron chi connectivity index (χ4n) is 2.51. The highest BCUT2D eigenvalue weighted by atomic mass is 16.5. The molecule has 1 unspecified atom stereocenters. The normalized spacial score (nSPS) is 12.3. The van der Waals surface area contributed by atoms with Gasteiger partial charge in [0.05, 0.1) is 13.2 Å². The minimum Gasteiger partial charge on any atom is -0.497 e. The highest BCUT2D eigenvalue weighted by Crippen LogP contribution is 2.23. The zero-order valence-electron chi connectivity index (χ0n) is 14.2. The van der Waals surface area contributed by atoms with Gasteiger partial charge in [-0.2, -0.15) is 0 Å². The van der Waals surface area contributed by atoms with E-state index in [1.165, 1.54) is 24.8 Å². The summed E-state index contributed by atoms with van der Waals surface area (Å²) < 4.78 is 5.22. The zero-order chi connectivity index (χ0) is 16.3. The molecule has 1 atom stereocenters. The molecule has 0 saturated carbocycles. The molecule has 0 aliphatic carbocycles. The van der Waals surface area contributed by atoms with Crippen molar-refractivity contribution in [1.29, 1.82) is 0 Å². The molecule has 0 amide bonds. The summed E-state index contributed by atoms with van der Waals surface area (Å²) in [7, 11) is 1.69. The van der Waals surface area contributed by atoms with Crippen LogP contribution in [0.3, 0.4) is 0 Å². The van der Waals surface area contributed by atoms with E-state index in [0.717, 1.165) is 17.9 Å². The van der Waals surface area contributed by atoms with Gasteiger partial charge in [0, 0.05) is 5.69 Å². The fourth-order valence-corrected chi connectivity index (χ4v) is 2.51. The molecule has 0 bridgehead atoms. The molecule has 2 nitrogen and oxygen atoms in total. The second-order valence-corrected chi connectivity index (χ2v) is 5.69. The van der Waals surface area contributed by atoms with Crippen molar-refractivity contribution in [2.75, 3.05) is 12.4 Å². The molecule has 23 heavy (non-hydrogen) atoms. The lowest BCUT2D eigenvalue weighted by Gasteiger charge is -2.17. The number of ether oxygens (including phenoxy) is 1. The van der Waals surface area contributed by atoms with Gasteiger partial charge in [-0.25, -0.2) is 0 Å². The molecular formula is C21H27NO. The van der Waals surface area contributed by atoms with E-state index in [1.54, 1.807) is 7.11 Å². The van der Waals surface area contributed by atoms with E-state index in [2.05, 4.69) is 66.9 Å². The molecule has 0 radical (unpaired) electrons. The molecule has 2 rings (SSSR count). The average Bonchev–Trinajstić information content (AvgIpc) is 2.62. The van der Waals surface area contributed by atoms with Gasteiger partial charge in [-0.1, -0.05) is 62.2 Å². The van der Waals surface area contributed by atoms with Crippen LogP contribution in [-0.4, -0.2) is 7.11 Å². The Hall–Kier alpha value is -2.22. The molecule has 0 fully saturated rings. The van der Waals surface area contributed by atoms with Gasteiger partial charge in [0.15, 0.2) is 0 Å². The maximum Gasteiger partial charge on any atom is 0.119 e. The first-order valence-corrected chi connectivity index (χ1v) is 8.45. The third kappa shape index (κ3) is 5.82. The standard InChI is InChI=1S/C21H27NO/c1-3-4-5-6-10-13-21(18-11-8-7-9-12-18)22-19-14-16-20(23-2)17-15-19/h7-17,21-22H,3-6H2,1-2H3/b13-10+. The summed E-state index contributed by atoms with van der Waals surface area (Å²) in [6.45, 7) is 2.24. The number of unbranched alkanes of at least 4 members (excludes halogenated alkanes) is 3. The number of hydrogen-bond donors (Lipinski definition) is 1. The van der Waals surface area contributed by atoms with Crippen LogP contribution in [0.2, 0.25) is 0 Å². The van der Waals surface area contributed by atoms with Crippen molar-refractivity contribution in [1.82, 2.24) is 0 Å². The van der Waals surface area contributed by atoms with Gasteiger partial charge >= 0.3 is 0 Å². The number of hydrogen-bond acceptors (Lipinski definition) is 2. The summed E-state index contributed by atoms with van der Waals surface area (Å²) in [5.74, 6) is 0.877. The minimum atomic E-state index is 0.186. The van der Waals surface area contributed by atoms with Gasteiger partial charge in [0.25, 0.3) is 0 Å². The Morgan fingerprint density at radius 1 is 1.00 bits per heavy atom. The smallest absolute Gasteiger partial charge is 0.119 e. The van der Waals surface area contributed by atoms with E-state index in [4.69, 9.17) is 4.74 Å². The van der Waals surface area contributed by atoms with Crippen molar-refractivity contribution in [2.45, 2.75) is 38.6 Å². The largest absolute Gasteiger partial charge is 0.497 e. The molecule has 0 spiro atoms. The maximum absolute atomic E-state index is 5.22. The van der Waals surface area contributed by atoms with Crippen LogP contribution in [-0.2, 0) is 0 Å². The lowest BCUT2D eigenvalue weighted by molar-refractivity contribution is 0.415. The van der Waals surface area contributed by atoms with Crippen LogP contribution in [0.15, 0.2) is 66.7 Å². The van der Waals surface area contributed by atoms with Crippen molar-refractivity contribution < 1.29 is 4.74 Å². The summed E-state index contributed by atoms with van der Waals surface area (Å²) in [6, 6.07) is 18.8. The molecule has 0 aliphatic rings. The van der Waals surface area contributed by atoms with Gasteiger partial charge in [-0.3, -0.25) is 0 Å². The van der Waals surface area contributed by atoms with Crippen LogP contribution in [0.4, 0.5) is 5.69 Å². The minimum absolute atomic E-state index is 0.186. The summed E-state index contributed by atoms with van der Waals surface area (Å²) >= 11 is 0. The van der Waals surface area contributed by atoms with Crippen molar-refractivity contribution in [3.05, 3.63) is 72.3 Å².